The molecule has 0 atom stereocenters. The Kier molecular flexibility index (Phi) is 9.01. The summed E-state index contributed by atoms with van der Waals surface area (Å²) < 4.78 is 1.72. The molecule has 5 rings (SSSR count). The van der Waals surface area contributed by atoms with Crippen LogP contribution in [-0.4, -0.2) is 62.5 Å². The fourth-order valence-corrected chi connectivity index (χ4v) is 5.27. The van der Waals surface area contributed by atoms with Crippen molar-refractivity contribution < 1.29 is 9.59 Å². The summed E-state index contributed by atoms with van der Waals surface area (Å²) >= 11 is 0. The van der Waals surface area contributed by atoms with Crippen LogP contribution in [0, 0.1) is 0 Å². The summed E-state index contributed by atoms with van der Waals surface area (Å²) in [5, 5.41) is 17.2. The van der Waals surface area contributed by atoms with Gasteiger partial charge in [-0.15, -0.1) is 0 Å². The molecule has 2 heterocycles. The average molecular weight is 582 g/mol. The van der Waals surface area contributed by atoms with Crippen molar-refractivity contribution in [2.24, 2.45) is 0 Å². The average Bonchev–Trinajstić information content (AvgIpc) is 3.43. The summed E-state index contributed by atoms with van der Waals surface area (Å²) in [6.45, 7) is 7.69. The SMILES string of the molecule is C=CC(=O)Nc1ccc(C(=O)Nc2cccc(Nc3nc(NC4CCC(N(C)C)CC4)nc4c(C(C)C)cnn34)c2)cc1. The molecule has 2 aromatic heterocycles. The van der Waals surface area contributed by atoms with Gasteiger partial charge in [0.25, 0.3) is 5.91 Å². The summed E-state index contributed by atoms with van der Waals surface area (Å²) in [7, 11) is 4.29. The van der Waals surface area contributed by atoms with Gasteiger partial charge in [-0.05, 0) is 94.2 Å². The Labute approximate surface area is 251 Å². The number of nitrogens with one attached hydrogen (secondary N) is 4. The molecule has 0 spiro atoms. The van der Waals surface area contributed by atoms with Crippen LogP contribution in [0.25, 0.3) is 5.65 Å². The highest BCUT2D eigenvalue weighted by molar-refractivity contribution is 6.05. The first kappa shape index (κ1) is 29.7. The van der Waals surface area contributed by atoms with Gasteiger partial charge in [0.05, 0.1) is 6.20 Å². The minimum Gasteiger partial charge on any atom is -0.351 e. The number of anilines is 5. The number of aromatic nitrogens is 4. The summed E-state index contributed by atoms with van der Waals surface area (Å²) in [6, 6.07) is 15.0. The maximum atomic E-state index is 12.9. The standard InChI is InChI=1S/C32H39N9O2/c1-6-28(42)34-22-12-10-21(11-13-22)30(43)35-24-8-7-9-25(18-24)37-32-39-31(36-23-14-16-26(17-15-23)40(4)5)38-29-27(20(2)3)19-33-41(29)32/h6-13,18-20,23,26H,1,14-17H2,2-5H3,(H,34,42)(H,35,43)(H2,36,37,38,39). The second kappa shape index (κ2) is 13.0. The zero-order valence-electron chi connectivity index (χ0n) is 25.1. The van der Waals surface area contributed by atoms with E-state index in [9.17, 15) is 9.59 Å². The molecule has 4 aromatic rings. The number of carbonyl (C=O) groups excluding carboxylic acids is 2. The third-order valence-electron chi connectivity index (χ3n) is 7.75. The molecule has 11 nitrogen and oxygen atoms in total. The number of hydrogen-bond donors (Lipinski definition) is 4. The molecular weight excluding hydrogens is 542 g/mol. The summed E-state index contributed by atoms with van der Waals surface area (Å²) in [5.74, 6) is 0.764. The van der Waals surface area contributed by atoms with Crippen LogP contribution in [-0.2, 0) is 4.79 Å². The Morgan fingerprint density at radius 2 is 1.70 bits per heavy atom. The molecule has 1 aliphatic rings. The van der Waals surface area contributed by atoms with Crippen LogP contribution in [0.2, 0.25) is 0 Å². The Hall–Kier alpha value is -4.77. The van der Waals surface area contributed by atoms with E-state index in [-0.39, 0.29) is 17.7 Å². The quantitative estimate of drug-likeness (QED) is 0.177. The molecule has 2 aromatic carbocycles. The molecule has 0 saturated heterocycles. The molecule has 43 heavy (non-hydrogen) atoms. The number of carbonyl (C=O) groups is 2. The molecule has 2 amide bonds. The maximum Gasteiger partial charge on any atom is 0.255 e. The second-order valence-electron chi connectivity index (χ2n) is 11.4. The summed E-state index contributed by atoms with van der Waals surface area (Å²) in [5.41, 5.74) is 4.19. The van der Waals surface area contributed by atoms with E-state index in [4.69, 9.17) is 9.97 Å². The largest absolute Gasteiger partial charge is 0.351 e. The van der Waals surface area contributed by atoms with Crippen molar-refractivity contribution in [3.05, 3.63) is 78.5 Å². The summed E-state index contributed by atoms with van der Waals surface area (Å²) in [6.07, 6.45) is 7.43. The van der Waals surface area contributed by atoms with Gasteiger partial charge in [-0.2, -0.15) is 19.6 Å². The molecule has 1 saturated carbocycles. The van der Waals surface area contributed by atoms with Gasteiger partial charge < -0.3 is 26.2 Å². The monoisotopic (exact) mass is 581 g/mol. The molecule has 1 aliphatic carbocycles. The van der Waals surface area contributed by atoms with Gasteiger partial charge >= 0.3 is 0 Å². The van der Waals surface area contributed by atoms with Crippen LogP contribution in [0.15, 0.2) is 67.4 Å². The van der Waals surface area contributed by atoms with Gasteiger partial charge in [-0.3, -0.25) is 9.59 Å². The molecule has 4 N–H and O–H groups in total. The Balaban J connectivity index is 1.33. The minimum atomic E-state index is -0.312. The van der Waals surface area contributed by atoms with Crippen LogP contribution >= 0.6 is 0 Å². The topological polar surface area (TPSA) is 129 Å². The van der Waals surface area contributed by atoms with E-state index in [2.05, 4.69) is 65.8 Å². The van der Waals surface area contributed by atoms with Crippen molar-refractivity contribution in [2.45, 2.75) is 57.5 Å². The third-order valence-corrected chi connectivity index (χ3v) is 7.75. The van der Waals surface area contributed by atoms with Crippen molar-refractivity contribution in [1.29, 1.82) is 0 Å². The number of hydrogen-bond acceptors (Lipinski definition) is 8. The fraction of sp³-hybridized carbons (Fsp3) is 0.344. The Bertz CT molecular complexity index is 1600. The minimum absolute atomic E-state index is 0.245. The second-order valence-corrected chi connectivity index (χ2v) is 11.4. The van der Waals surface area contributed by atoms with Gasteiger partial charge in [0, 0.05) is 40.3 Å². The lowest BCUT2D eigenvalue weighted by molar-refractivity contribution is -0.111. The Morgan fingerprint density at radius 1 is 0.977 bits per heavy atom. The predicted octanol–water partition coefficient (Wildman–Crippen LogP) is 5.65. The molecule has 224 valence electrons. The lowest BCUT2D eigenvalue weighted by Gasteiger charge is -2.33. The Morgan fingerprint density at radius 3 is 2.37 bits per heavy atom. The van der Waals surface area contributed by atoms with Crippen molar-refractivity contribution in [2.75, 3.05) is 35.4 Å². The van der Waals surface area contributed by atoms with Crippen LogP contribution in [0.4, 0.5) is 29.0 Å². The molecule has 0 aliphatic heterocycles. The number of benzene rings is 2. The number of rotatable bonds is 10. The van der Waals surface area contributed by atoms with E-state index in [1.807, 2.05) is 30.5 Å². The lowest BCUT2D eigenvalue weighted by atomic mass is 9.91. The lowest BCUT2D eigenvalue weighted by Crippen LogP contribution is -2.36. The van der Waals surface area contributed by atoms with E-state index >= 15 is 0 Å². The zero-order valence-corrected chi connectivity index (χ0v) is 25.1. The number of amides is 2. The third kappa shape index (κ3) is 7.18. The molecule has 1 fully saturated rings. The highest BCUT2D eigenvalue weighted by Crippen LogP contribution is 2.27. The molecule has 0 radical (unpaired) electrons. The van der Waals surface area contributed by atoms with Crippen molar-refractivity contribution in [3.8, 4) is 0 Å². The van der Waals surface area contributed by atoms with Crippen LogP contribution in [0.5, 0.6) is 0 Å². The smallest absolute Gasteiger partial charge is 0.255 e. The first-order valence-corrected chi connectivity index (χ1v) is 14.6. The first-order valence-electron chi connectivity index (χ1n) is 14.6. The number of fused-ring (bicyclic) bond motifs is 1. The molecule has 11 heteroatoms. The van der Waals surface area contributed by atoms with Gasteiger partial charge in [-0.25, -0.2) is 0 Å². The van der Waals surface area contributed by atoms with Crippen molar-refractivity contribution in [1.82, 2.24) is 24.5 Å². The van der Waals surface area contributed by atoms with Crippen LogP contribution < -0.4 is 21.3 Å². The van der Waals surface area contributed by atoms with E-state index < -0.39 is 0 Å². The first-order chi connectivity index (χ1) is 20.7. The summed E-state index contributed by atoms with van der Waals surface area (Å²) in [4.78, 5) is 36.4. The molecule has 0 unspecified atom stereocenters. The highest BCUT2D eigenvalue weighted by atomic mass is 16.2. The molecule has 0 bridgehead atoms. The number of nitrogens with zero attached hydrogens (tertiary/aromatic N) is 5. The van der Waals surface area contributed by atoms with Gasteiger partial charge in [0.1, 0.15) is 0 Å². The van der Waals surface area contributed by atoms with Gasteiger partial charge in [-0.1, -0.05) is 26.5 Å². The highest BCUT2D eigenvalue weighted by Gasteiger charge is 2.24. The van der Waals surface area contributed by atoms with Gasteiger partial charge in [0.15, 0.2) is 5.65 Å². The zero-order chi connectivity index (χ0) is 30.5. The fourth-order valence-electron chi connectivity index (χ4n) is 5.27. The predicted molar refractivity (Wildman–Crippen MR) is 171 cm³/mol. The van der Waals surface area contributed by atoms with E-state index in [1.54, 1.807) is 28.8 Å². The van der Waals surface area contributed by atoms with Crippen molar-refractivity contribution in [3.63, 3.8) is 0 Å². The maximum absolute atomic E-state index is 12.9. The molecular formula is C32H39N9O2. The van der Waals surface area contributed by atoms with Crippen LogP contribution in [0.3, 0.4) is 0 Å². The van der Waals surface area contributed by atoms with Crippen molar-refractivity contribution >= 4 is 46.4 Å². The van der Waals surface area contributed by atoms with E-state index in [0.29, 0.717) is 40.9 Å². The van der Waals surface area contributed by atoms with Crippen LogP contribution in [0.1, 0.15) is 61.4 Å². The van der Waals surface area contributed by atoms with Gasteiger partial charge in [0.2, 0.25) is 17.8 Å². The van der Waals surface area contributed by atoms with E-state index in [0.717, 1.165) is 42.6 Å². The van der Waals surface area contributed by atoms with E-state index in [1.165, 1.54) is 6.08 Å². The normalized spacial score (nSPS) is 16.7.